The quantitative estimate of drug-likeness (QED) is 0.197. The molecular weight excluding hydrogens is 1240 g/mol. The van der Waals surface area contributed by atoms with E-state index in [9.17, 15) is 5.11 Å². The number of hydrogen-bond acceptors (Lipinski definition) is 0. The van der Waals surface area contributed by atoms with Crippen LogP contribution in [0, 0.1) is 5.92 Å². The Balaban J connectivity index is 4.91. The molecule has 1 atom stereocenters. The molecule has 1 radical (unpaired) electrons. The standard InChI is InChI=1S/C22H10Cl27O/c1-5(2)10(50)9-7(12(25,26)15(31,32)18(37,38)21(44,45)46)3-6(11(23,24)14(29,30)17(35,36)20(41,42)43)4-8(9)13(27,28)16(33,34)19(39,40)22(47,48)49/h3-5,10H,1-2H3. The smallest absolute Gasteiger partial charge is 0.226 e. The molecule has 28 heteroatoms. The van der Waals surface area contributed by atoms with Gasteiger partial charge in [0, 0.05) is 0 Å². The van der Waals surface area contributed by atoms with E-state index in [0.717, 1.165) is 12.1 Å². The van der Waals surface area contributed by atoms with Crippen LogP contribution in [0.25, 0.3) is 0 Å². The first kappa shape index (κ1) is 55.0. The van der Waals surface area contributed by atoms with E-state index in [2.05, 4.69) is 0 Å². The molecule has 0 heterocycles. The summed E-state index contributed by atoms with van der Waals surface area (Å²) in [5.41, 5.74) is -2.83. The van der Waals surface area contributed by atoms with E-state index >= 15 is 0 Å². The first-order valence-corrected chi connectivity index (χ1v) is 22.0. The second kappa shape index (κ2) is 17.3. The van der Waals surface area contributed by atoms with Crippen molar-refractivity contribution in [2.24, 2.45) is 5.92 Å². The lowest BCUT2D eigenvalue weighted by Crippen LogP contribution is -2.57. The molecule has 0 spiro atoms. The van der Waals surface area contributed by atoms with E-state index in [1.165, 1.54) is 13.8 Å². The topological polar surface area (TPSA) is 19.9 Å². The van der Waals surface area contributed by atoms with Gasteiger partial charge in [-0.2, -0.15) is 0 Å². The maximum Gasteiger partial charge on any atom is 0.226 e. The molecule has 0 aliphatic carbocycles. The minimum Gasteiger partial charge on any atom is -0.228 e. The lowest BCUT2D eigenvalue weighted by molar-refractivity contribution is 0.0467. The van der Waals surface area contributed by atoms with E-state index in [0.29, 0.717) is 0 Å². The molecule has 0 fully saturated rings. The zero-order valence-corrected chi connectivity index (χ0v) is 43.3. The Kier molecular flexibility index (Phi) is 19.0. The number of alkyl halides is 27. The van der Waals surface area contributed by atoms with Crippen LogP contribution in [0.3, 0.4) is 0 Å². The fourth-order valence-electron chi connectivity index (χ4n) is 3.64. The molecule has 0 saturated heterocycles. The number of halogens is 27. The minimum atomic E-state index is -3.08. The molecule has 50 heavy (non-hydrogen) atoms. The highest BCUT2D eigenvalue weighted by atomic mass is 35.6. The van der Waals surface area contributed by atoms with Gasteiger partial charge in [0.05, 0.1) is 0 Å². The van der Waals surface area contributed by atoms with Crippen molar-refractivity contribution in [3.63, 3.8) is 0 Å². The van der Waals surface area contributed by atoms with Gasteiger partial charge in [0.2, 0.25) is 24.4 Å². The first-order chi connectivity index (χ1) is 21.3. The molecule has 1 nitrogen and oxygen atoms in total. The van der Waals surface area contributed by atoms with Crippen LogP contribution in [0.2, 0.25) is 0 Å². The molecule has 0 aliphatic heterocycles. The largest absolute Gasteiger partial charge is 0.228 e. The van der Waals surface area contributed by atoms with Crippen LogP contribution in [0.5, 0.6) is 0 Å². The van der Waals surface area contributed by atoms with E-state index in [1.807, 2.05) is 0 Å². The van der Waals surface area contributed by atoms with Gasteiger partial charge in [-0.15, -0.1) is 0 Å². The van der Waals surface area contributed by atoms with Crippen molar-refractivity contribution in [3.05, 3.63) is 34.4 Å². The van der Waals surface area contributed by atoms with Gasteiger partial charge in [0.25, 0.3) is 0 Å². The first-order valence-electron chi connectivity index (χ1n) is 11.8. The molecule has 0 aliphatic rings. The van der Waals surface area contributed by atoms with Crippen LogP contribution in [0.15, 0.2) is 12.1 Å². The SMILES string of the molecule is CC(C)C([O])c1c(C(Cl)(Cl)C(Cl)(Cl)C(Cl)(Cl)C(Cl)(Cl)Cl)cc(C(Cl)(Cl)C(Cl)(Cl)C(Cl)(Cl)C(Cl)(Cl)Cl)cc1C(Cl)(Cl)C(Cl)(Cl)C(Cl)(Cl)C(Cl)(Cl)Cl. The van der Waals surface area contributed by atoms with Gasteiger partial charge in [0.15, 0.2) is 26.0 Å². The molecule has 1 aromatic carbocycles. The summed E-state index contributed by atoms with van der Waals surface area (Å²) in [6.45, 7) is 2.85. The van der Waals surface area contributed by atoms with Crippen molar-refractivity contribution in [2.75, 3.05) is 0 Å². The van der Waals surface area contributed by atoms with Gasteiger partial charge in [-0.25, -0.2) is 5.11 Å². The highest BCUT2D eigenvalue weighted by molar-refractivity contribution is 6.82. The molecule has 1 unspecified atom stereocenters. The Bertz CT molecular complexity index is 1320. The molecule has 1 rings (SSSR count). The van der Waals surface area contributed by atoms with E-state index in [-0.39, 0.29) is 0 Å². The summed E-state index contributed by atoms with van der Waals surface area (Å²) in [7, 11) is 0. The second-order valence-electron chi connectivity index (χ2n) is 10.3. The van der Waals surface area contributed by atoms with Gasteiger partial charge >= 0.3 is 0 Å². The summed E-state index contributed by atoms with van der Waals surface area (Å²) in [4.78, 5) is 0. The monoisotopic (exact) mass is 1230 g/mol. The number of benzene rings is 1. The van der Waals surface area contributed by atoms with E-state index < -0.39 is 84.7 Å². The summed E-state index contributed by atoms with van der Waals surface area (Å²) < 4.78 is -35.4. The third-order valence-electron chi connectivity index (χ3n) is 6.54. The summed E-state index contributed by atoms with van der Waals surface area (Å²) in [5.74, 6) is -0.943. The van der Waals surface area contributed by atoms with Crippen LogP contribution in [-0.4, -0.2) is 37.4 Å². The zero-order valence-electron chi connectivity index (χ0n) is 22.9. The molecule has 1 aromatic rings. The van der Waals surface area contributed by atoms with E-state index in [4.69, 9.17) is 313 Å². The van der Waals surface area contributed by atoms with Gasteiger partial charge in [0.1, 0.15) is 6.10 Å². The van der Waals surface area contributed by atoms with Gasteiger partial charge in [-0.3, -0.25) is 0 Å². The van der Waals surface area contributed by atoms with Crippen molar-refractivity contribution in [2.45, 2.75) is 70.3 Å². The molecular formula is C22H10Cl27O. The molecule has 0 bridgehead atoms. The van der Waals surface area contributed by atoms with Crippen molar-refractivity contribution >= 4 is 313 Å². The van der Waals surface area contributed by atoms with E-state index in [1.54, 1.807) is 0 Å². The number of rotatable bonds is 11. The van der Waals surface area contributed by atoms with Crippen molar-refractivity contribution in [1.29, 1.82) is 0 Å². The second-order valence-corrected chi connectivity index (χ2v) is 29.1. The van der Waals surface area contributed by atoms with Crippen LogP contribution in [0.4, 0.5) is 0 Å². The fourth-order valence-corrected chi connectivity index (χ4v) is 10.4. The average molecular weight is 1250 g/mol. The normalized spacial score (nSPS) is 16.7. The van der Waals surface area contributed by atoms with Gasteiger partial charge < -0.3 is 0 Å². The van der Waals surface area contributed by atoms with Gasteiger partial charge in [-0.1, -0.05) is 327 Å². The van der Waals surface area contributed by atoms with Gasteiger partial charge in [-0.05, 0) is 40.3 Å². The minimum absolute atomic E-state index is 0.653. The van der Waals surface area contributed by atoms with Crippen molar-refractivity contribution in [3.8, 4) is 0 Å². The Labute approximate surface area is 422 Å². The molecule has 0 aromatic heterocycles. The Morgan fingerprint density at radius 2 is 0.600 bits per heavy atom. The molecule has 0 amide bonds. The highest BCUT2D eigenvalue weighted by Gasteiger charge is 2.73. The van der Waals surface area contributed by atoms with Crippen LogP contribution in [-0.2, 0) is 18.1 Å². The summed E-state index contributed by atoms with van der Waals surface area (Å²) >= 11 is 173. The zero-order chi connectivity index (χ0) is 40.9. The van der Waals surface area contributed by atoms with Crippen LogP contribution >= 0.6 is 313 Å². The predicted octanol–water partition coefficient (Wildman–Crippen LogP) is 18.9. The lowest BCUT2D eigenvalue weighted by Gasteiger charge is -2.48. The summed E-state index contributed by atoms with van der Waals surface area (Å²) in [6.07, 6.45) is -2.05. The van der Waals surface area contributed by atoms with Crippen LogP contribution < -0.4 is 0 Å². The fraction of sp³-hybridized carbons (Fsp3) is 0.727. The lowest BCUT2D eigenvalue weighted by atomic mass is 9.83. The Morgan fingerprint density at radius 3 is 0.800 bits per heavy atom. The third kappa shape index (κ3) is 9.49. The maximum absolute atomic E-state index is 14.3. The number of hydrogen-bond donors (Lipinski definition) is 0. The third-order valence-corrected chi connectivity index (χ3v) is 22.9. The molecule has 0 saturated carbocycles. The Morgan fingerprint density at radius 1 is 0.380 bits per heavy atom. The van der Waals surface area contributed by atoms with Crippen molar-refractivity contribution < 1.29 is 5.11 Å². The maximum atomic E-state index is 14.3. The molecule has 293 valence electrons. The highest BCUT2D eigenvalue weighted by Crippen LogP contribution is 2.71. The summed E-state index contributed by atoms with van der Waals surface area (Å²) in [5, 5.41) is 14.3. The van der Waals surface area contributed by atoms with Crippen LogP contribution in [0.1, 0.15) is 42.2 Å². The Hall–Kier alpha value is 7.01. The summed E-state index contributed by atoms with van der Waals surface area (Å²) in [6, 6.07) is 1.65. The molecule has 0 N–H and O–H groups in total. The van der Waals surface area contributed by atoms with Crippen molar-refractivity contribution in [1.82, 2.24) is 0 Å². The average Bonchev–Trinajstić information content (AvgIpc) is 2.89. The predicted molar refractivity (Wildman–Crippen MR) is 232 cm³/mol.